The maximum absolute atomic E-state index is 12.5. The number of nitrogens with one attached hydrogen (secondary N) is 1. The zero-order valence-electron chi connectivity index (χ0n) is 11.8. The van der Waals surface area contributed by atoms with Crippen molar-refractivity contribution in [3.8, 4) is 11.8 Å². The smallest absolute Gasteiger partial charge is 0.380 e. The van der Waals surface area contributed by atoms with Crippen molar-refractivity contribution in [2.75, 3.05) is 6.54 Å². The van der Waals surface area contributed by atoms with Gasteiger partial charge in [-0.3, -0.25) is 4.79 Å². The van der Waals surface area contributed by atoms with E-state index in [1.807, 2.05) is 0 Å². The molecule has 0 atom stereocenters. The van der Waals surface area contributed by atoms with E-state index in [1.54, 1.807) is 0 Å². The lowest BCUT2D eigenvalue weighted by Gasteiger charge is -2.19. The number of alkyl halides is 3. The third kappa shape index (κ3) is 4.01. The average molecular weight is 311 g/mol. The first kappa shape index (κ1) is 16.4. The van der Waals surface area contributed by atoms with Crippen molar-refractivity contribution in [1.82, 2.24) is 5.32 Å². The molecule has 118 valence electrons. The van der Waals surface area contributed by atoms with Crippen LogP contribution in [0, 0.1) is 11.8 Å². The quantitative estimate of drug-likeness (QED) is 0.825. The number of carbonyl (C=O) groups excluding carboxylic acids is 1. The molecule has 6 heteroatoms. The van der Waals surface area contributed by atoms with Gasteiger partial charge in [0.1, 0.15) is 5.60 Å². The number of amides is 1. The van der Waals surface area contributed by atoms with Gasteiger partial charge in [-0.25, -0.2) is 0 Å². The highest BCUT2D eigenvalue weighted by atomic mass is 19.4. The Morgan fingerprint density at radius 3 is 2.64 bits per heavy atom. The second kappa shape index (κ2) is 6.41. The van der Waals surface area contributed by atoms with Gasteiger partial charge in [-0.15, -0.1) is 0 Å². The minimum atomic E-state index is -4.41. The lowest BCUT2D eigenvalue weighted by atomic mass is 10.0. The Morgan fingerprint density at radius 1 is 1.32 bits per heavy atom. The lowest BCUT2D eigenvalue weighted by Crippen LogP contribution is -2.44. The molecule has 0 aromatic heterocycles. The molecule has 0 heterocycles. The first-order valence-electron chi connectivity index (χ1n) is 6.98. The largest absolute Gasteiger partial charge is 0.416 e. The van der Waals surface area contributed by atoms with Crippen LogP contribution in [0.5, 0.6) is 0 Å². The zero-order chi connectivity index (χ0) is 16.2. The third-order valence-corrected chi connectivity index (χ3v) is 3.61. The molecule has 0 radical (unpaired) electrons. The first-order chi connectivity index (χ1) is 10.3. The molecule has 1 fully saturated rings. The van der Waals surface area contributed by atoms with Crippen LogP contribution in [0.25, 0.3) is 0 Å². The van der Waals surface area contributed by atoms with Crippen molar-refractivity contribution in [3.05, 3.63) is 35.4 Å². The van der Waals surface area contributed by atoms with Gasteiger partial charge in [-0.1, -0.05) is 17.9 Å². The molecule has 1 aromatic carbocycles. The van der Waals surface area contributed by atoms with E-state index in [9.17, 15) is 23.1 Å². The van der Waals surface area contributed by atoms with E-state index in [2.05, 4.69) is 17.2 Å². The van der Waals surface area contributed by atoms with E-state index in [4.69, 9.17) is 0 Å². The van der Waals surface area contributed by atoms with Crippen LogP contribution in [0.4, 0.5) is 13.2 Å². The van der Waals surface area contributed by atoms with Crippen LogP contribution in [0.2, 0.25) is 0 Å². The number of rotatable bonds is 2. The summed E-state index contributed by atoms with van der Waals surface area (Å²) in [5.74, 6) is 4.69. The molecule has 0 spiro atoms. The van der Waals surface area contributed by atoms with Crippen LogP contribution in [-0.2, 0) is 11.0 Å². The number of hydrogen-bond acceptors (Lipinski definition) is 2. The predicted molar refractivity (Wildman–Crippen MR) is 74.7 cm³/mol. The van der Waals surface area contributed by atoms with Gasteiger partial charge in [-0.2, -0.15) is 13.2 Å². The first-order valence-corrected chi connectivity index (χ1v) is 6.98. The van der Waals surface area contributed by atoms with Crippen molar-refractivity contribution >= 4 is 5.91 Å². The second-order valence-corrected chi connectivity index (χ2v) is 5.30. The molecule has 0 aliphatic heterocycles. The molecule has 0 bridgehead atoms. The summed E-state index contributed by atoms with van der Waals surface area (Å²) < 4.78 is 37.6. The fraction of sp³-hybridized carbons (Fsp3) is 0.438. The lowest BCUT2D eigenvalue weighted by molar-refractivity contribution is -0.139. The standard InChI is InChI=1S/C16H16F3NO2/c17-16(18,19)13-7-3-5-12(11-13)6-4-10-20-14(21)15(22)8-1-2-9-15/h3,5,7,11,22H,1-2,8-10H2,(H,20,21). The summed E-state index contributed by atoms with van der Waals surface area (Å²) in [4.78, 5) is 11.8. The monoisotopic (exact) mass is 311 g/mol. The van der Waals surface area contributed by atoms with Gasteiger partial charge in [0.15, 0.2) is 0 Å². The summed E-state index contributed by atoms with van der Waals surface area (Å²) in [7, 11) is 0. The van der Waals surface area contributed by atoms with Gasteiger partial charge < -0.3 is 10.4 Å². The van der Waals surface area contributed by atoms with E-state index in [1.165, 1.54) is 12.1 Å². The van der Waals surface area contributed by atoms with E-state index in [0.29, 0.717) is 12.8 Å². The Bertz CT molecular complexity index is 608. The number of aliphatic hydroxyl groups is 1. The van der Waals surface area contributed by atoms with Gasteiger partial charge in [-0.05, 0) is 43.9 Å². The zero-order valence-corrected chi connectivity index (χ0v) is 11.8. The number of carbonyl (C=O) groups is 1. The Labute approximate surface area is 126 Å². The van der Waals surface area contributed by atoms with Crippen molar-refractivity contribution in [2.24, 2.45) is 0 Å². The van der Waals surface area contributed by atoms with Crippen molar-refractivity contribution < 1.29 is 23.1 Å². The van der Waals surface area contributed by atoms with Crippen LogP contribution in [0.15, 0.2) is 24.3 Å². The van der Waals surface area contributed by atoms with Crippen molar-refractivity contribution in [2.45, 2.75) is 37.5 Å². The van der Waals surface area contributed by atoms with Crippen LogP contribution in [0.3, 0.4) is 0 Å². The topological polar surface area (TPSA) is 49.3 Å². The summed E-state index contributed by atoms with van der Waals surface area (Å²) in [6, 6.07) is 4.68. The third-order valence-electron chi connectivity index (χ3n) is 3.61. The Morgan fingerprint density at radius 2 is 2.00 bits per heavy atom. The van der Waals surface area contributed by atoms with Crippen LogP contribution >= 0.6 is 0 Å². The van der Waals surface area contributed by atoms with Crippen LogP contribution in [0.1, 0.15) is 36.8 Å². The average Bonchev–Trinajstić information content (AvgIpc) is 2.91. The minimum absolute atomic E-state index is 0.0165. The van der Waals surface area contributed by atoms with E-state index in [-0.39, 0.29) is 12.1 Å². The molecule has 0 unspecified atom stereocenters. The predicted octanol–water partition coefficient (Wildman–Crippen LogP) is 2.48. The highest BCUT2D eigenvalue weighted by Crippen LogP contribution is 2.30. The summed E-state index contributed by atoms with van der Waals surface area (Å²) in [5, 5.41) is 12.5. The van der Waals surface area contributed by atoms with Gasteiger partial charge in [0.25, 0.3) is 5.91 Å². The SMILES string of the molecule is O=C(NCC#Cc1cccc(C(F)(F)F)c1)C1(O)CCCC1. The number of halogens is 3. The summed E-state index contributed by atoms with van der Waals surface area (Å²) in [6.45, 7) is -0.0165. The van der Waals surface area contributed by atoms with Crippen LogP contribution < -0.4 is 5.32 Å². The van der Waals surface area contributed by atoms with E-state index >= 15 is 0 Å². The van der Waals surface area contributed by atoms with Crippen molar-refractivity contribution in [1.29, 1.82) is 0 Å². The van der Waals surface area contributed by atoms with E-state index in [0.717, 1.165) is 25.0 Å². The molecule has 1 amide bonds. The molecular formula is C16H16F3NO2. The van der Waals surface area contributed by atoms with E-state index < -0.39 is 23.2 Å². The minimum Gasteiger partial charge on any atom is -0.380 e. The molecule has 1 aliphatic rings. The summed E-state index contributed by atoms with van der Waals surface area (Å²) >= 11 is 0. The fourth-order valence-electron chi connectivity index (χ4n) is 2.40. The Balaban J connectivity index is 1.93. The van der Waals surface area contributed by atoms with Crippen LogP contribution in [-0.4, -0.2) is 23.2 Å². The van der Waals surface area contributed by atoms with Crippen molar-refractivity contribution in [3.63, 3.8) is 0 Å². The van der Waals surface area contributed by atoms with Gasteiger partial charge in [0.05, 0.1) is 12.1 Å². The van der Waals surface area contributed by atoms with Gasteiger partial charge in [0, 0.05) is 5.56 Å². The molecule has 1 saturated carbocycles. The molecule has 3 nitrogen and oxygen atoms in total. The van der Waals surface area contributed by atoms with Gasteiger partial charge in [0.2, 0.25) is 0 Å². The number of benzene rings is 1. The molecule has 0 saturated heterocycles. The Hall–Kier alpha value is -2.00. The molecule has 22 heavy (non-hydrogen) atoms. The summed E-state index contributed by atoms with van der Waals surface area (Å²) in [5.41, 5.74) is -1.86. The highest BCUT2D eigenvalue weighted by molar-refractivity contribution is 5.85. The normalized spacial score (nSPS) is 16.7. The molecule has 1 aromatic rings. The highest BCUT2D eigenvalue weighted by Gasteiger charge is 2.38. The molecule has 2 rings (SSSR count). The molecule has 1 aliphatic carbocycles. The Kier molecular flexibility index (Phi) is 4.77. The maximum Gasteiger partial charge on any atom is 0.416 e. The fourth-order valence-corrected chi connectivity index (χ4v) is 2.40. The van der Waals surface area contributed by atoms with Gasteiger partial charge >= 0.3 is 6.18 Å². The molecule has 2 N–H and O–H groups in total. The number of hydrogen-bond donors (Lipinski definition) is 2. The maximum atomic E-state index is 12.5. The molecular weight excluding hydrogens is 295 g/mol. The second-order valence-electron chi connectivity index (χ2n) is 5.30. The summed E-state index contributed by atoms with van der Waals surface area (Å²) in [6.07, 6.45) is -1.93.